The average Bonchev–Trinajstić information content (AvgIpc) is 3.12. The van der Waals surface area contributed by atoms with Crippen LogP contribution < -0.4 is 3.80 Å². The van der Waals surface area contributed by atoms with E-state index in [9.17, 15) is 4.79 Å². The van der Waals surface area contributed by atoms with Crippen LogP contribution in [0.5, 0.6) is 0 Å². The molecular formula is C29H39NOTi. The summed E-state index contributed by atoms with van der Waals surface area (Å²) >= 11 is -2.06. The fourth-order valence-corrected chi connectivity index (χ4v) is 9.62. The summed E-state index contributed by atoms with van der Waals surface area (Å²) in [5, 5.41) is 0. The topological polar surface area (TPSA) is 29.1 Å². The van der Waals surface area contributed by atoms with Gasteiger partial charge in [0.2, 0.25) is 0 Å². The Morgan fingerprint density at radius 2 is 1.16 bits per heavy atom. The van der Waals surface area contributed by atoms with Crippen LogP contribution in [0.25, 0.3) is 11.1 Å². The molecule has 1 amide bonds. The van der Waals surface area contributed by atoms with Gasteiger partial charge in [0, 0.05) is 0 Å². The van der Waals surface area contributed by atoms with Crippen molar-refractivity contribution < 1.29 is 22.5 Å². The third-order valence-corrected chi connectivity index (χ3v) is 11.8. The van der Waals surface area contributed by atoms with Crippen molar-refractivity contribution in [2.45, 2.75) is 88.7 Å². The molecule has 1 saturated carbocycles. The molecule has 32 heavy (non-hydrogen) atoms. The second kappa shape index (κ2) is 11.6. The zero-order valence-electron chi connectivity index (χ0n) is 20.0. The first-order valence-electron chi connectivity index (χ1n) is 12.8. The van der Waals surface area contributed by atoms with E-state index in [1.165, 1.54) is 83.9 Å². The summed E-state index contributed by atoms with van der Waals surface area (Å²) in [6, 6.07) is 17.7. The van der Waals surface area contributed by atoms with Gasteiger partial charge in [-0.3, -0.25) is 0 Å². The molecule has 0 bridgehead atoms. The van der Waals surface area contributed by atoms with Gasteiger partial charge < -0.3 is 0 Å². The molecule has 0 spiro atoms. The first kappa shape index (κ1) is 23.6. The van der Waals surface area contributed by atoms with Crippen LogP contribution in [0.15, 0.2) is 48.5 Å². The van der Waals surface area contributed by atoms with Crippen LogP contribution in [-0.4, -0.2) is 9.72 Å². The molecule has 1 fully saturated rings. The normalized spacial score (nSPS) is 18.1. The van der Waals surface area contributed by atoms with Crippen molar-refractivity contribution in [3.05, 3.63) is 59.7 Å². The zero-order chi connectivity index (χ0) is 22.3. The molecule has 0 aliphatic heterocycles. The number of nitrogens with one attached hydrogen (secondary N) is 1. The maximum absolute atomic E-state index is 13.6. The van der Waals surface area contributed by atoms with Crippen LogP contribution in [-0.2, 0) is 22.5 Å². The first-order chi connectivity index (χ1) is 15.7. The van der Waals surface area contributed by atoms with E-state index in [4.69, 9.17) is 0 Å². The van der Waals surface area contributed by atoms with E-state index in [-0.39, 0.29) is 5.92 Å². The van der Waals surface area contributed by atoms with Gasteiger partial charge in [-0.05, 0) is 0 Å². The predicted molar refractivity (Wildman–Crippen MR) is 132 cm³/mol. The number of benzene rings is 2. The molecule has 0 atom stereocenters. The first-order valence-corrected chi connectivity index (χ1v) is 15.3. The van der Waals surface area contributed by atoms with Crippen LogP contribution in [0, 0.1) is 5.92 Å². The molecular weight excluding hydrogens is 426 g/mol. The number of rotatable bonds is 3. The Morgan fingerprint density at radius 3 is 1.62 bits per heavy atom. The molecule has 1 N–H and O–H groups in total. The number of hydrogen-bond donors (Lipinski definition) is 1. The van der Waals surface area contributed by atoms with Gasteiger partial charge in [0.05, 0.1) is 0 Å². The van der Waals surface area contributed by atoms with Gasteiger partial charge in [-0.2, -0.15) is 0 Å². The molecule has 0 heterocycles. The van der Waals surface area contributed by atoms with E-state index in [1.807, 2.05) is 0 Å². The van der Waals surface area contributed by atoms with Gasteiger partial charge in [0.1, 0.15) is 0 Å². The second-order valence-corrected chi connectivity index (χ2v) is 14.1. The zero-order valence-corrected chi connectivity index (χ0v) is 21.5. The second-order valence-electron chi connectivity index (χ2n) is 9.97. The molecule has 2 aliphatic carbocycles. The van der Waals surface area contributed by atoms with Crippen LogP contribution >= 0.6 is 0 Å². The maximum atomic E-state index is 13.6. The third-order valence-electron chi connectivity index (χ3n) is 7.39. The molecule has 0 unspecified atom stereocenters. The summed E-state index contributed by atoms with van der Waals surface area (Å²) in [4.78, 5) is 13.6. The van der Waals surface area contributed by atoms with E-state index in [1.54, 1.807) is 0 Å². The van der Waals surface area contributed by atoms with Gasteiger partial charge in [-0.1, -0.05) is 0 Å². The van der Waals surface area contributed by atoms with Gasteiger partial charge in [-0.25, -0.2) is 0 Å². The number of carbonyl (C=O) groups excluding carboxylic acids is 1. The summed E-state index contributed by atoms with van der Waals surface area (Å²) in [5.41, 5.74) is 5.56. The van der Waals surface area contributed by atoms with E-state index < -0.39 is 17.7 Å². The van der Waals surface area contributed by atoms with E-state index in [0.29, 0.717) is 10.1 Å². The molecule has 4 rings (SSSR count). The van der Waals surface area contributed by atoms with Gasteiger partial charge >= 0.3 is 201 Å². The summed E-state index contributed by atoms with van der Waals surface area (Å²) in [7, 11) is 0. The van der Waals surface area contributed by atoms with Gasteiger partial charge in [0.15, 0.2) is 0 Å². The Morgan fingerprint density at radius 1 is 0.719 bits per heavy atom. The standard InChI is InChI=1S/C13H25NO.C13H9.C3H6.Ti/c14-13(15)12-10-8-6-4-2-1-3-5-7-9-11-12;1-3-7-12-10(5-1)9-11-6-2-4-8-13(11)12;1-3-2;/h12H,1-11H2,(H2,14,15);1-9H;1-2H3;/q;;;+1/p-1. The van der Waals surface area contributed by atoms with Crippen molar-refractivity contribution in [2.75, 3.05) is 0 Å². The van der Waals surface area contributed by atoms with Crippen LogP contribution in [0.2, 0.25) is 0 Å². The van der Waals surface area contributed by atoms with E-state index in [2.05, 4.69) is 66.2 Å². The van der Waals surface area contributed by atoms with Crippen LogP contribution in [0.3, 0.4) is 0 Å². The Hall–Kier alpha value is -1.51. The quantitative estimate of drug-likeness (QED) is 0.466. The molecule has 0 radical (unpaired) electrons. The SMILES string of the molecule is C[C](C)=[Ti]([NH]C(=O)C1CCCCCCCCCCC1)[CH]1c2ccccc2-c2ccccc21. The van der Waals surface area contributed by atoms with Crippen molar-refractivity contribution in [3.8, 4) is 11.1 Å². The summed E-state index contributed by atoms with van der Waals surface area (Å²) < 4.78 is 5.52. The summed E-state index contributed by atoms with van der Waals surface area (Å²) in [6.07, 6.45) is 13.9. The van der Waals surface area contributed by atoms with Crippen molar-refractivity contribution in [1.82, 2.24) is 3.80 Å². The average molecular weight is 466 g/mol. The predicted octanol–water partition coefficient (Wildman–Crippen LogP) is 7.54. The molecule has 2 aromatic carbocycles. The van der Waals surface area contributed by atoms with Crippen molar-refractivity contribution in [2.24, 2.45) is 5.92 Å². The Balaban J connectivity index is 1.56. The number of hydrogen-bond acceptors (Lipinski definition) is 1. The molecule has 0 aromatic heterocycles. The summed E-state index contributed by atoms with van der Waals surface area (Å²) in [6.45, 7) is 4.50. The van der Waals surface area contributed by atoms with Crippen molar-refractivity contribution >= 4 is 9.72 Å². The van der Waals surface area contributed by atoms with Gasteiger partial charge in [0.25, 0.3) is 0 Å². The minimum absolute atomic E-state index is 0.197. The third kappa shape index (κ3) is 5.52. The van der Waals surface area contributed by atoms with Gasteiger partial charge in [-0.15, -0.1) is 0 Å². The monoisotopic (exact) mass is 465 g/mol. The fourth-order valence-electron chi connectivity index (χ4n) is 5.61. The summed E-state index contributed by atoms with van der Waals surface area (Å²) in [5.74, 6) is 0.545. The van der Waals surface area contributed by atoms with E-state index in [0.717, 1.165) is 12.8 Å². The number of carbonyl (C=O) groups is 1. The van der Waals surface area contributed by atoms with Crippen molar-refractivity contribution in [3.63, 3.8) is 0 Å². The molecule has 2 aromatic rings. The molecule has 170 valence electrons. The number of amides is 1. The molecule has 2 aliphatic rings. The van der Waals surface area contributed by atoms with Crippen LogP contribution in [0.1, 0.15) is 99.8 Å². The number of fused-ring (bicyclic) bond motifs is 3. The Labute approximate surface area is 200 Å². The molecule has 3 heteroatoms. The molecule has 0 saturated heterocycles. The fraction of sp³-hybridized carbons (Fsp3) is 0.517. The van der Waals surface area contributed by atoms with E-state index >= 15 is 0 Å². The Bertz CT molecular complexity index is 902. The molecule has 2 nitrogen and oxygen atoms in total. The minimum atomic E-state index is -2.06. The van der Waals surface area contributed by atoms with Crippen molar-refractivity contribution in [1.29, 1.82) is 0 Å². The van der Waals surface area contributed by atoms with Crippen LogP contribution in [0.4, 0.5) is 0 Å². The Kier molecular flexibility index (Phi) is 8.55.